The third kappa shape index (κ3) is 11.7. The predicted octanol–water partition coefficient (Wildman–Crippen LogP) is 13.4. The van der Waals surface area contributed by atoms with Crippen LogP contribution in [0, 0.1) is 0 Å². The molecule has 0 N–H and O–H groups in total. The summed E-state index contributed by atoms with van der Waals surface area (Å²) >= 11 is 1.62. The van der Waals surface area contributed by atoms with E-state index in [1.54, 1.807) is 19.1 Å². The maximum absolute atomic E-state index is 12.0. The van der Waals surface area contributed by atoms with Crippen LogP contribution in [-0.4, -0.2) is 4.70 Å². The summed E-state index contributed by atoms with van der Waals surface area (Å²) in [6, 6.07) is 14.1. The average molecular weight is 644 g/mol. The zero-order chi connectivity index (χ0) is 32.3. The van der Waals surface area contributed by atoms with Crippen LogP contribution in [0.2, 0.25) is 11.8 Å². The Morgan fingerprint density at radius 1 is 0.523 bits per heavy atom. The molecule has 0 aromatic heterocycles. The topological polar surface area (TPSA) is 25.3 Å². The van der Waals surface area contributed by atoms with Crippen molar-refractivity contribution in [2.75, 3.05) is 0 Å². The molecule has 2 aromatic rings. The second-order valence-electron chi connectivity index (χ2n) is 12.6. The molecular weight excluding hydrogens is 579 g/mol. The summed E-state index contributed by atoms with van der Waals surface area (Å²) in [4.78, 5) is 0. The Labute approximate surface area is 278 Å². The molecule has 3 rings (SSSR count). The molecule has 0 radical (unpaired) electrons. The molecule has 1 heterocycles. The van der Waals surface area contributed by atoms with Crippen LogP contribution in [0.4, 0.5) is 0 Å². The van der Waals surface area contributed by atoms with Crippen LogP contribution in [0.5, 0.6) is 0 Å². The molecule has 0 fully saturated rings. The Balaban J connectivity index is 0.00000216. The van der Waals surface area contributed by atoms with Crippen molar-refractivity contribution in [2.24, 2.45) is 0 Å². The fourth-order valence-electron chi connectivity index (χ4n) is 6.40. The first-order valence-electron chi connectivity index (χ1n) is 17.8. The summed E-state index contributed by atoms with van der Waals surface area (Å²) in [7, 11) is 0. The molecule has 0 saturated carbocycles. The van der Waals surface area contributed by atoms with Crippen molar-refractivity contribution in [1.29, 1.82) is 0 Å². The van der Waals surface area contributed by atoms with Crippen LogP contribution in [0.25, 0.3) is 16.9 Å². The van der Waals surface area contributed by atoms with Crippen molar-refractivity contribution in [3.8, 4) is 0 Å². The van der Waals surface area contributed by atoms with E-state index in [0.29, 0.717) is 0 Å². The first-order chi connectivity index (χ1) is 21.4. The Hall–Kier alpha value is -1.99. The minimum absolute atomic E-state index is 0.988. The fourth-order valence-corrected chi connectivity index (χ4v) is 6.40. The Morgan fingerprint density at radius 3 is 1.32 bits per heavy atom. The van der Waals surface area contributed by atoms with Crippen molar-refractivity contribution in [3.05, 3.63) is 86.5 Å². The van der Waals surface area contributed by atoms with Crippen LogP contribution in [0.15, 0.2) is 47.5 Å². The van der Waals surface area contributed by atoms with Gasteiger partial charge in [-0.05, 0) is 105 Å². The van der Waals surface area contributed by atoms with Crippen LogP contribution in [-0.2, 0) is 40.1 Å². The van der Waals surface area contributed by atoms with E-state index in [0.717, 1.165) is 43.5 Å². The van der Waals surface area contributed by atoms with Crippen molar-refractivity contribution in [3.63, 3.8) is 0 Å². The Kier molecular flexibility index (Phi) is 18.8. The Bertz CT molecular complexity index is 1220. The monoisotopic (exact) mass is 642 g/mol. The second kappa shape index (κ2) is 21.7. The second-order valence-corrected chi connectivity index (χ2v) is 13.6. The van der Waals surface area contributed by atoms with Crippen LogP contribution in [0.1, 0.15) is 158 Å². The summed E-state index contributed by atoms with van der Waals surface area (Å²) in [6.07, 6.45) is 20.4. The SMILES string of the molecule is CCCCCCC1=C(c2cc(CC)cc(CCCCCC)c2)[N+](=[N-])C(c2cc(CC)cc(CCCCCC)c2)=C1C.[CH3][Ni][CH3]. The third-order valence-corrected chi connectivity index (χ3v) is 8.90. The van der Waals surface area contributed by atoms with Crippen molar-refractivity contribution in [1.82, 2.24) is 0 Å². The van der Waals surface area contributed by atoms with E-state index in [9.17, 15) is 5.53 Å². The normalized spacial score (nSPS) is 13.2. The van der Waals surface area contributed by atoms with Crippen molar-refractivity contribution >= 4 is 11.4 Å². The Morgan fingerprint density at radius 2 is 0.909 bits per heavy atom. The molecular formula is C41H64N2Ni. The standard InChI is InChI=1S/C39H58N2.2CH3.Ni/c1-7-12-15-18-21-33-24-31(10-4)26-35(28-33)38-30(6)37(23-20-17-14-9-3)39(41(38)40)36-27-32(11-5)25-34(29-36)22-19-16-13-8-2;;;/h24-29H,7-23H2,1-6H3;2*1H3;. The molecule has 44 heavy (non-hydrogen) atoms. The van der Waals surface area contributed by atoms with Gasteiger partial charge in [0.1, 0.15) is 0 Å². The molecule has 0 aliphatic carbocycles. The third-order valence-electron chi connectivity index (χ3n) is 8.90. The quantitative estimate of drug-likeness (QED) is 0.0827. The molecule has 0 saturated heterocycles. The summed E-state index contributed by atoms with van der Waals surface area (Å²) in [5.74, 6) is 4.12. The summed E-state index contributed by atoms with van der Waals surface area (Å²) in [6.45, 7) is 13.6. The molecule has 2 aromatic carbocycles. The van der Waals surface area contributed by atoms with Gasteiger partial charge in [-0.15, -0.1) is 0 Å². The predicted molar refractivity (Wildman–Crippen MR) is 191 cm³/mol. The molecule has 0 spiro atoms. The van der Waals surface area contributed by atoms with Gasteiger partial charge in [0, 0.05) is 22.3 Å². The van der Waals surface area contributed by atoms with Gasteiger partial charge in [0.2, 0.25) is 11.4 Å². The van der Waals surface area contributed by atoms with Crippen LogP contribution < -0.4 is 0 Å². The zero-order valence-corrected chi connectivity index (χ0v) is 30.7. The number of aryl methyl sites for hydroxylation is 4. The molecule has 0 atom stereocenters. The van der Waals surface area contributed by atoms with Gasteiger partial charge in [0.25, 0.3) is 0 Å². The van der Waals surface area contributed by atoms with Crippen LogP contribution in [0.3, 0.4) is 0 Å². The zero-order valence-electron chi connectivity index (χ0n) is 29.7. The first-order valence-corrected chi connectivity index (χ1v) is 19.8. The number of allylic oxidation sites excluding steroid dienone is 2. The van der Waals surface area contributed by atoms with E-state index >= 15 is 0 Å². The van der Waals surface area contributed by atoms with Gasteiger partial charge >= 0.3 is 26.2 Å². The number of unbranched alkanes of at least 4 members (excludes halogenated alkanes) is 9. The summed E-state index contributed by atoms with van der Waals surface area (Å²) in [5.41, 5.74) is 24.5. The molecule has 248 valence electrons. The van der Waals surface area contributed by atoms with Gasteiger partial charge in [-0.1, -0.05) is 105 Å². The number of hydrogen-bond donors (Lipinski definition) is 0. The van der Waals surface area contributed by atoms with E-state index in [1.807, 2.05) is 0 Å². The molecule has 2 nitrogen and oxygen atoms in total. The number of rotatable bonds is 19. The number of nitrogens with zero attached hydrogens (tertiary/aromatic N) is 2. The number of hydrogen-bond acceptors (Lipinski definition) is 0. The van der Waals surface area contributed by atoms with Crippen molar-refractivity contribution in [2.45, 2.75) is 162 Å². The molecule has 1 aliphatic rings. The minimum atomic E-state index is 0.988. The summed E-state index contributed by atoms with van der Waals surface area (Å²) in [5, 5.41) is 0. The van der Waals surface area contributed by atoms with E-state index in [1.165, 1.54) is 122 Å². The first kappa shape index (κ1) is 38.2. The van der Waals surface area contributed by atoms with Gasteiger partial charge in [0.15, 0.2) is 0 Å². The maximum atomic E-state index is 12.0. The van der Waals surface area contributed by atoms with Crippen LogP contribution >= 0.6 is 0 Å². The molecule has 0 bridgehead atoms. The number of benzene rings is 2. The van der Waals surface area contributed by atoms with Crippen molar-refractivity contribution < 1.29 is 19.1 Å². The van der Waals surface area contributed by atoms with Gasteiger partial charge in [0.05, 0.1) is 0 Å². The molecule has 1 aliphatic heterocycles. The van der Waals surface area contributed by atoms with E-state index < -0.39 is 0 Å². The van der Waals surface area contributed by atoms with Gasteiger partial charge in [-0.2, -0.15) is 0 Å². The molecule has 0 amide bonds. The fraction of sp³-hybridized carbons (Fsp3) is 0.610. The van der Waals surface area contributed by atoms with Gasteiger partial charge < -0.3 is 5.53 Å². The summed E-state index contributed by atoms with van der Waals surface area (Å²) < 4.78 is 1.57. The van der Waals surface area contributed by atoms with E-state index in [4.69, 9.17) is 0 Å². The molecule has 0 unspecified atom stereocenters. The van der Waals surface area contributed by atoms with Gasteiger partial charge in [-0.25, -0.2) is 4.70 Å². The average Bonchev–Trinajstić information content (AvgIpc) is 3.28. The van der Waals surface area contributed by atoms with E-state index in [2.05, 4.69) is 89.7 Å². The molecule has 3 heteroatoms. The van der Waals surface area contributed by atoms with E-state index in [-0.39, 0.29) is 0 Å². The van der Waals surface area contributed by atoms with Gasteiger partial charge in [-0.3, -0.25) is 0 Å².